The lowest BCUT2D eigenvalue weighted by Gasteiger charge is -2.18. The lowest BCUT2D eigenvalue weighted by molar-refractivity contribution is -0.167. The van der Waals surface area contributed by atoms with Crippen molar-refractivity contribution in [2.24, 2.45) is 0 Å². The Kier molecular flexibility index (Phi) is 48.8. The number of carbonyl (C=O) groups is 3. The maximum atomic E-state index is 12.8. The Morgan fingerprint density at radius 1 is 0.323 bits per heavy atom. The Hall–Kier alpha value is -2.63. The van der Waals surface area contributed by atoms with Crippen molar-refractivity contribution < 1.29 is 28.6 Å². The Morgan fingerprint density at radius 3 is 0.952 bits per heavy atom. The maximum Gasteiger partial charge on any atom is 0.306 e. The molecule has 62 heavy (non-hydrogen) atoms. The number of carbonyl (C=O) groups excluding carboxylic acids is 3. The summed E-state index contributed by atoms with van der Waals surface area (Å²) in [6, 6.07) is 0. The van der Waals surface area contributed by atoms with Crippen molar-refractivity contribution >= 4 is 17.9 Å². The molecule has 0 aliphatic carbocycles. The van der Waals surface area contributed by atoms with E-state index < -0.39 is 6.10 Å². The molecule has 1 unspecified atom stereocenters. The van der Waals surface area contributed by atoms with Crippen LogP contribution >= 0.6 is 0 Å². The Bertz CT molecular complexity index is 1090. The van der Waals surface area contributed by atoms with E-state index in [4.69, 9.17) is 14.2 Å². The molecule has 0 aromatic carbocycles. The first kappa shape index (κ1) is 59.4. The number of allylic oxidation sites excluding steroid dienone is 8. The fourth-order valence-electron chi connectivity index (χ4n) is 7.50. The largest absolute Gasteiger partial charge is 0.462 e. The first-order valence-corrected chi connectivity index (χ1v) is 26.6. The number of hydrogen-bond acceptors (Lipinski definition) is 6. The highest BCUT2D eigenvalue weighted by Gasteiger charge is 2.19. The van der Waals surface area contributed by atoms with Gasteiger partial charge in [0, 0.05) is 19.3 Å². The molecule has 1 atom stereocenters. The van der Waals surface area contributed by atoms with Crippen LogP contribution in [0.2, 0.25) is 0 Å². The Balaban J connectivity index is 4.30. The zero-order valence-corrected chi connectivity index (χ0v) is 41.1. The second-order valence-electron chi connectivity index (χ2n) is 17.8. The van der Waals surface area contributed by atoms with Gasteiger partial charge in [0.15, 0.2) is 6.10 Å². The third kappa shape index (κ3) is 48.4. The highest BCUT2D eigenvalue weighted by atomic mass is 16.6. The van der Waals surface area contributed by atoms with Crippen LogP contribution in [0.15, 0.2) is 48.6 Å². The normalized spacial score (nSPS) is 12.4. The number of ether oxygens (including phenoxy) is 3. The van der Waals surface area contributed by atoms with Crippen molar-refractivity contribution in [2.45, 2.75) is 277 Å². The molecule has 6 heteroatoms. The van der Waals surface area contributed by atoms with Gasteiger partial charge in [-0.15, -0.1) is 0 Å². The second kappa shape index (κ2) is 51.0. The van der Waals surface area contributed by atoms with Crippen molar-refractivity contribution in [3.63, 3.8) is 0 Å². The predicted octanol–water partition coefficient (Wildman–Crippen LogP) is 17.5. The molecule has 0 aliphatic heterocycles. The minimum atomic E-state index is -0.777. The average Bonchev–Trinajstić information content (AvgIpc) is 3.27. The van der Waals surface area contributed by atoms with Gasteiger partial charge in [-0.3, -0.25) is 14.4 Å². The van der Waals surface area contributed by atoms with E-state index in [0.717, 1.165) is 77.0 Å². The molecule has 0 radical (unpaired) electrons. The number of hydrogen-bond donors (Lipinski definition) is 0. The van der Waals surface area contributed by atoms with Crippen molar-refractivity contribution in [2.75, 3.05) is 13.2 Å². The summed E-state index contributed by atoms with van der Waals surface area (Å²) in [7, 11) is 0. The van der Waals surface area contributed by atoms with E-state index in [9.17, 15) is 14.4 Å². The van der Waals surface area contributed by atoms with Crippen LogP contribution in [-0.2, 0) is 28.6 Å². The summed E-state index contributed by atoms with van der Waals surface area (Å²) in [6.07, 6.45) is 61.0. The van der Waals surface area contributed by atoms with E-state index in [1.54, 1.807) is 0 Å². The van der Waals surface area contributed by atoms with Crippen LogP contribution < -0.4 is 0 Å². The molecule has 360 valence electrons. The summed E-state index contributed by atoms with van der Waals surface area (Å²) in [6.45, 7) is 6.58. The molecule has 0 aromatic heterocycles. The molecule has 0 saturated heterocycles. The van der Waals surface area contributed by atoms with Crippen molar-refractivity contribution in [3.8, 4) is 0 Å². The van der Waals surface area contributed by atoms with Gasteiger partial charge in [0.2, 0.25) is 0 Å². The average molecular weight is 869 g/mol. The van der Waals surface area contributed by atoms with Crippen LogP contribution in [0, 0.1) is 0 Å². The first-order valence-electron chi connectivity index (χ1n) is 26.6. The van der Waals surface area contributed by atoms with Crippen LogP contribution in [0.1, 0.15) is 271 Å². The molecule has 0 saturated carbocycles. The van der Waals surface area contributed by atoms with Crippen molar-refractivity contribution in [3.05, 3.63) is 48.6 Å². The SMILES string of the molecule is CCCCC/C=C\C/C=C\C/C=C\CCCCCCCCC(=O)OCC(COC(=O)CCCCCCCCCC)OC(=O)CCCCCCCCC/C=C\CCCCCCCC. The summed E-state index contributed by atoms with van der Waals surface area (Å²) in [5, 5.41) is 0. The summed E-state index contributed by atoms with van der Waals surface area (Å²) >= 11 is 0. The van der Waals surface area contributed by atoms with Gasteiger partial charge in [-0.05, 0) is 83.5 Å². The van der Waals surface area contributed by atoms with Crippen molar-refractivity contribution in [1.82, 2.24) is 0 Å². The van der Waals surface area contributed by atoms with Gasteiger partial charge in [-0.2, -0.15) is 0 Å². The molecule has 0 amide bonds. The lowest BCUT2D eigenvalue weighted by atomic mass is 10.1. The highest BCUT2D eigenvalue weighted by molar-refractivity contribution is 5.71. The third-order valence-corrected chi connectivity index (χ3v) is 11.6. The molecule has 0 aliphatic rings. The molecule has 0 heterocycles. The van der Waals surface area contributed by atoms with E-state index in [2.05, 4.69) is 69.4 Å². The first-order chi connectivity index (χ1) is 30.5. The van der Waals surface area contributed by atoms with Gasteiger partial charge in [0.1, 0.15) is 13.2 Å². The number of unbranched alkanes of at least 4 members (excludes halogenated alkanes) is 29. The number of rotatable bonds is 48. The summed E-state index contributed by atoms with van der Waals surface area (Å²) in [4.78, 5) is 37.9. The maximum absolute atomic E-state index is 12.8. The molecule has 0 bridgehead atoms. The Morgan fingerprint density at radius 2 is 0.581 bits per heavy atom. The monoisotopic (exact) mass is 869 g/mol. The fourth-order valence-corrected chi connectivity index (χ4v) is 7.50. The highest BCUT2D eigenvalue weighted by Crippen LogP contribution is 2.15. The zero-order valence-electron chi connectivity index (χ0n) is 41.1. The predicted molar refractivity (Wildman–Crippen MR) is 265 cm³/mol. The molecule has 6 nitrogen and oxygen atoms in total. The molecular formula is C56H100O6. The molecule has 0 aromatic rings. The van der Waals surface area contributed by atoms with Gasteiger partial charge in [-0.1, -0.05) is 217 Å². The van der Waals surface area contributed by atoms with Gasteiger partial charge in [-0.25, -0.2) is 0 Å². The van der Waals surface area contributed by atoms with E-state index in [0.29, 0.717) is 19.3 Å². The topological polar surface area (TPSA) is 78.9 Å². The molecular weight excluding hydrogens is 769 g/mol. The van der Waals surface area contributed by atoms with Gasteiger partial charge < -0.3 is 14.2 Å². The van der Waals surface area contributed by atoms with E-state index in [-0.39, 0.29) is 31.1 Å². The molecule has 0 N–H and O–H groups in total. The van der Waals surface area contributed by atoms with Crippen LogP contribution in [0.3, 0.4) is 0 Å². The second-order valence-corrected chi connectivity index (χ2v) is 17.8. The van der Waals surface area contributed by atoms with E-state index >= 15 is 0 Å². The Labute approximate surface area is 384 Å². The van der Waals surface area contributed by atoms with Crippen molar-refractivity contribution in [1.29, 1.82) is 0 Å². The molecule has 0 rings (SSSR count). The van der Waals surface area contributed by atoms with E-state index in [1.807, 2.05) is 0 Å². The van der Waals surface area contributed by atoms with Crippen LogP contribution in [0.5, 0.6) is 0 Å². The zero-order chi connectivity index (χ0) is 45.1. The van der Waals surface area contributed by atoms with Crippen LogP contribution in [0.25, 0.3) is 0 Å². The third-order valence-electron chi connectivity index (χ3n) is 11.6. The van der Waals surface area contributed by atoms with E-state index in [1.165, 1.54) is 154 Å². The lowest BCUT2D eigenvalue weighted by Crippen LogP contribution is -2.30. The smallest absolute Gasteiger partial charge is 0.306 e. The minimum Gasteiger partial charge on any atom is -0.462 e. The standard InChI is InChI=1S/C56H100O6/c1-4-7-10-13-16-19-21-23-25-27-28-30-31-33-35-37-40-43-46-49-55(58)61-52-53(51-60-54(57)48-45-42-39-18-15-12-9-6-3)62-56(59)50-47-44-41-38-36-34-32-29-26-24-22-20-17-14-11-8-5-2/h16,19,23-26,28,30,53H,4-15,17-18,20-22,27,29,31-52H2,1-3H3/b19-16-,25-23-,26-24-,30-28-. The molecule has 0 spiro atoms. The minimum absolute atomic E-state index is 0.0775. The quantitative estimate of drug-likeness (QED) is 0.0262. The van der Waals surface area contributed by atoms with Gasteiger partial charge >= 0.3 is 17.9 Å². The van der Waals surface area contributed by atoms with Crippen LogP contribution in [0.4, 0.5) is 0 Å². The number of esters is 3. The van der Waals surface area contributed by atoms with Gasteiger partial charge in [0.25, 0.3) is 0 Å². The van der Waals surface area contributed by atoms with Crippen LogP contribution in [-0.4, -0.2) is 37.2 Å². The summed E-state index contributed by atoms with van der Waals surface area (Å²) < 4.78 is 16.8. The summed E-state index contributed by atoms with van der Waals surface area (Å²) in [5.41, 5.74) is 0. The fraction of sp³-hybridized carbons (Fsp3) is 0.804. The summed E-state index contributed by atoms with van der Waals surface area (Å²) in [5.74, 6) is -0.892. The van der Waals surface area contributed by atoms with Gasteiger partial charge in [0.05, 0.1) is 0 Å². The molecule has 0 fully saturated rings.